The second kappa shape index (κ2) is 10.7. The monoisotopic (exact) mass is 299 g/mol. The lowest BCUT2D eigenvalue weighted by molar-refractivity contribution is 0.0248. The molecule has 5 heteroatoms. The van der Waals surface area contributed by atoms with Gasteiger partial charge >= 0.3 is 0 Å². The van der Waals surface area contributed by atoms with Crippen molar-refractivity contribution in [3.05, 3.63) is 35.6 Å². The van der Waals surface area contributed by atoms with E-state index in [2.05, 4.69) is 12.2 Å². The van der Waals surface area contributed by atoms with Crippen LogP contribution in [0.1, 0.15) is 25.3 Å². The third-order valence-corrected chi connectivity index (χ3v) is 3.17. The minimum Gasteiger partial charge on any atom is -0.389 e. The van der Waals surface area contributed by atoms with Crippen molar-refractivity contribution in [3.8, 4) is 0 Å². The summed E-state index contributed by atoms with van der Waals surface area (Å²) < 4.78 is 23.8. The molecule has 0 saturated heterocycles. The largest absolute Gasteiger partial charge is 0.389 e. The van der Waals surface area contributed by atoms with Gasteiger partial charge in [-0.05, 0) is 12.5 Å². The highest BCUT2D eigenvalue weighted by molar-refractivity contribution is 5.16. The van der Waals surface area contributed by atoms with Crippen molar-refractivity contribution in [1.82, 2.24) is 5.32 Å². The van der Waals surface area contributed by atoms with E-state index in [1.807, 2.05) is 0 Å². The predicted octanol–water partition coefficient (Wildman–Crippen LogP) is 2.11. The van der Waals surface area contributed by atoms with E-state index in [1.165, 1.54) is 6.07 Å². The topological polar surface area (TPSA) is 50.7 Å². The maximum atomic E-state index is 13.4. The molecule has 4 nitrogen and oxygen atoms in total. The van der Waals surface area contributed by atoms with Gasteiger partial charge in [-0.15, -0.1) is 0 Å². The van der Waals surface area contributed by atoms with Gasteiger partial charge in [-0.3, -0.25) is 0 Å². The van der Waals surface area contributed by atoms with Crippen LogP contribution in [0.3, 0.4) is 0 Å². The molecule has 2 unspecified atom stereocenters. The van der Waals surface area contributed by atoms with Crippen LogP contribution in [0.2, 0.25) is 0 Å². The molecule has 1 aromatic rings. The summed E-state index contributed by atoms with van der Waals surface area (Å²) in [6, 6.07) is 6.72. The fourth-order valence-corrected chi connectivity index (χ4v) is 2.08. The van der Waals surface area contributed by atoms with Gasteiger partial charge in [0.15, 0.2) is 0 Å². The fraction of sp³-hybridized carbons (Fsp3) is 0.625. The van der Waals surface area contributed by atoms with Crippen LogP contribution in [0, 0.1) is 5.82 Å². The zero-order valence-corrected chi connectivity index (χ0v) is 12.8. The van der Waals surface area contributed by atoms with Crippen molar-refractivity contribution >= 4 is 0 Å². The number of ether oxygens (including phenoxy) is 2. The fourth-order valence-electron chi connectivity index (χ4n) is 2.08. The normalized spacial score (nSPS) is 14.1. The van der Waals surface area contributed by atoms with Crippen LogP contribution in [-0.2, 0) is 16.1 Å². The minimum atomic E-state index is -0.618. The van der Waals surface area contributed by atoms with Gasteiger partial charge in [0.25, 0.3) is 0 Å². The number of benzene rings is 1. The smallest absolute Gasteiger partial charge is 0.128 e. The number of nitrogens with one attached hydrogen (secondary N) is 1. The zero-order chi connectivity index (χ0) is 15.5. The maximum Gasteiger partial charge on any atom is 0.128 e. The Kier molecular flexibility index (Phi) is 9.17. The van der Waals surface area contributed by atoms with E-state index < -0.39 is 6.10 Å². The first-order chi connectivity index (χ1) is 10.2. The molecule has 0 saturated carbocycles. The summed E-state index contributed by atoms with van der Waals surface area (Å²) in [5.41, 5.74) is 0.501. The van der Waals surface area contributed by atoms with E-state index in [0.717, 1.165) is 12.8 Å². The average molecular weight is 299 g/mol. The highest BCUT2D eigenvalue weighted by Crippen LogP contribution is 2.07. The number of halogens is 1. The Morgan fingerprint density at radius 3 is 2.71 bits per heavy atom. The molecule has 1 aromatic carbocycles. The quantitative estimate of drug-likeness (QED) is 0.657. The molecular weight excluding hydrogens is 273 g/mol. The SMILES string of the molecule is CCCC(COC)NCC(O)COCc1ccccc1F. The molecule has 0 heterocycles. The molecule has 21 heavy (non-hydrogen) atoms. The summed E-state index contributed by atoms with van der Waals surface area (Å²) in [6.45, 7) is 3.51. The van der Waals surface area contributed by atoms with Crippen LogP contribution < -0.4 is 5.32 Å². The van der Waals surface area contributed by atoms with Gasteiger partial charge in [-0.2, -0.15) is 0 Å². The van der Waals surface area contributed by atoms with Gasteiger partial charge in [-0.1, -0.05) is 31.5 Å². The van der Waals surface area contributed by atoms with E-state index in [9.17, 15) is 9.50 Å². The van der Waals surface area contributed by atoms with Crippen molar-refractivity contribution in [1.29, 1.82) is 0 Å². The lowest BCUT2D eigenvalue weighted by atomic mass is 10.2. The zero-order valence-electron chi connectivity index (χ0n) is 12.8. The van der Waals surface area contributed by atoms with E-state index in [4.69, 9.17) is 9.47 Å². The molecule has 0 aliphatic heterocycles. The molecule has 0 bridgehead atoms. The number of aliphatic hydroxyl groups excluding tert-OH is 1. The highest BCUT2D eigenvalue weighted by Gasteiger charge is 2.11. The number of hydrogen-bond donors (Lipinski definition) is 2. The van der Waals surface area contributed by atoms with Gasteiger partial charge in [-0.25, -0.2) is 4.39 Å². The summed E-state index contributed by atoms with van der Waals surface area (Å²) in [5.74, 6) is -0.284. The molecule has 0 amide bonds. The first kappa shape index (κ1) is 18.0. The van der Waals surface area contributed by atoms with Gasteiger partial charge in [0.2, 0.25) is 0 Å². The summed E-state index contributed by atoms with van der Waals surface area (Å²) in [4.78, 5) is 0. The maximum absolute atomic E-state index is 13.4. The van der Waals surface area contributed by atoms with Crippen LogP contribution in [0.4, 0.5) is 4.39 Å². The Morgan fingerprint density at radius 1 is 1.29 bits per heavy atom. The Bertz CT molecular complexity index is 384. The van der Waals surface area contributed by atoms with Crippen LogP contribution in [0.5, 0.6) is 0 Å². The molecule has 0 aromatic heterocycles. The molecule has 120 valence electrons. The summed E-state index contributed by atoms with van der Waals surface area (Å²) >= 11 is 0. The lowest BCUT2D eigenvalue weighted by Gasteiger charge is -2.19. The molecule has 2 atom stereocenters. The number of rotatable bonds is 11. The third-order valence-electron chi connectivity index (χ3n) is 3.17. The van der Waals surface area contributed by atoms with Crippen molar-refractivity contribution in [3.63, 3.8) is 0 Å². The first-order valence-corrected chi connectivity index (χ1v) is 7.38. The Labute approximate surface area is 126 Å². The number of aliphatic hydroxyl groups is 1. The Hall–Kier alpha value is -1.01. The van der Waals surface area contributed by atoms with Gasteiger partial charge in [0, 0.05) is 25.3 Å². The van der Waals surface area contributed by atoms with Crippen LogP contribution in [0.25, 0.3) is 0 Å². The predicted molar refractivity (Wildman–Crippen MR) is 80.6 cm³/mol. The van der Waals surface area contributed by atoms with Crippen LogP contribution >= 0.6 is 0 Å². The number of methoxy groups -OCH3 is 1. The number of hydrogen-bond acceptors (Lipinski definition) is 4. The minimum absolute atomic E-state index is 0.167. The van der Waals surface area contributed by atoms with E-state index >= 15 is 0 Å². The van der Waals surface area contributed by atoms with Crippen molar-refractivity contribution in [2.45, 2.75) is 38.5 Å². The van der Waals surface area contributed by atoms with E-state index in [1.54, 1.807) is 25.3 Å². The highest BCUT2D eigenvalue weighted by atomic mass is 19.1. The molecule has 2 N–H and O–H groups in total. The molecule has 0 aliphatic carbocycles. The van der Waals surface area contributed by atoms with Crippen LogP contribution in [-0.4, -0.2) is 44.1 Å². The molecule has 0 fully saturated rings. The lowest BCUT2D eigenvalue weighted by Crippen LogP contribution is -2.39. The van der Waals surface area contributed by atoms with Gasteiger partial charge in [0.05, 0.1) is 25.9 Å². The van der Waals surface area contributed by atoms with E-state index in [-0.39, 0.29) is 25.1 Å². The summed E-state index contributed by atoms with van der Waals surface area (Å²) in [7, 11) is 1.66. The first-order valence-electron chi connectivity index (χ1n) is 7.38. The van der Waals surface area contributed by atoms with E-state index in [0.29, 0.717) is 18.7 Å². The van der Waals surface area contributed by atoms with Gasteiger partial charge < -0.3 is 19.9 Å². The summed E-state index contributed by atoms with van der Waals surface area (Å²) in [5, 5.41) is 13.1. The van der Waals surface area contributed by atoms with Gasteiger partial charge in [0.1, 0.15) is 5.82 Å². The second-order valence-electron chi connectivity index (χ2n) is 5.11. The second-order valence-corrected chi connectivity index (χ2v) is 5.11. The standard InChI is InChI=1S/C16H26FNO3/c1-3-6-14(11-20-2)18-9-15(19)12-21-10-13-7-4-5-8-16(13)17/h4-5,7-8,14-15,18-19H,3,6,9-12H2,1-2H3. The Balaban J connectivity index is 2.21. The molecule has 0 aliphatic rings. The van der Waals surface area contributed by atoms with Crippen LogP contribution in [0.15, 0.2) is 24.3 Å². The Morgan fingerprint density at radius 2 is 2.05 bits per heavy atom. The van der Waals surface area contributed by atoms with Crippen molar-refractivity contribution in [2.75, 3.05) is 26.9 Å². The summed E-state index contributed by atoms with van der Waals surface area (Å²) in [6.07, 6.45) is 1.44. The molecule has 0 spiro atoms. The van der Waals surface area contributed by atoms with Crippen molar-refractivity contribution < 1.29 is 19.0 Å². The van der Waals surface area contributed by atoms with Crippen molar-refractivity contribution in [2.24, 2.45) is 0 Å². The third kappa shape index (κ3) is 7.52. The average Bonchev–Trinajstić information content (AvgIpc) is 2.47. The molecule has 1 rings (SSSR count). The molecular formula is C16H26FNO3. The molecule has 0 radical (unpaired) electrons.